The lowest BCUT2D eigenvalue weighted by atomic mass is 10.2. The van der Waals surface area contributed by atoms with Crippen molar-refractivity contribution in [1.29, 1.82) is 0 Å². The molecule has 0 saturated carbocycles. The fourth-order valence-corrected chi connectivity index (χ4v) is 3.40. The normalized spacial score (nSPS) is 16.1. The van der Waals surface area contributed by atoms with E-state index in [1.54, 1.807) is 0 Å². The molecule has 2 amide bonds. The van der Waals surface area contributed by atoms with Crippen molar-refractivity contribution in [3.8, 4) is 0 Å². The molecule has 8 nitrogen and oxygen atoms in total. The molecule has 1 aliphatic heterocycles. The first-order valence-corrected chi connectivity index (χ1v) is 9.95. The van der Waals surface area contributed by atoms with Crippen LogP contribution in [0.4, 0.5) is 4.39 Å². The lowest BCUT2D eigenvalue weighted by molar-refractivity contribution is -0.119. The first-order valence-electron chi connectivity index (χ1n) is 8.58. The average molecular weight is 429 g/mol. The summed E-state index contributed by atoms with van der Waals surface area (Å²) in [5.74, 6) is -1.33. The second-order valence-corrected chi connectivity index (χ2v) is 7.30. The molecule has 2 aromatic rings. The minimum atomic E-state index is -0.721. The highest BCUT2D eigenvalue weighted by molar-refractivity contribution is 7.99. The van der Waals surface area contributed by atoms with Gasteiger partial charge in [-0.1, -0.05) is 29.4 Å². The third kappa shape index (κ3) is 5.66. The van der Waals surface area contributed by atoms with Crippen LogP contribution in [0.5, 0.6) is 0 Å². The molecule has 11 heteroatoms. The molecule has 1 aliphatic rings. The predicted octanol–water partition coefficient (Wildman–Crippen LogP) is 2.18. The van der Waals surface area contributed by atoms with E-state index in [9.17, 15) is 14.0 Å². The van der Waals surface area contributed by atoms with Crippen LogP contribution in [0, 0.1) is 5.82 Å². The number of hydrogen-bond acceptors (Lipinski definition) is 7. The van der Waals surface area contributed by atoms with Gasteiger partial charge in [0.25, 0.3) is 11.1 Å². The van der Waals surface area contributed by atoms with E-state index in [1.807, 2.05) is 0 Å². The maximum Gasteiger partial charge on any atom is 0.277 e. The summed E-state index contributed by atoms with van der Waals surface area (Å²) in [5, 5.41) is 13.0. The zero-order valence-electron chi connectivity index (χ0n) is 14.7. The van der Waals surface area contributed by atoms with Crippen molar-refractivity contribution in [1.82, 2.24) is 20.8 Å². The fourth-order valence-electron chi connectivity index (χ4n) is 2.54. The molecule has 1 atom stereocenters. The third-order valence-electron chi connectivity index (χ3n) is 3.92. The highest BCUT2D eigenvalue weighted by Gasteiger charge is 2.18. The van der Waals surface area contributed by atoms with Gasteiger partial charge in [0.1, 0.15) is 5.82 Å². The van der Waals surface area contributed by atoms with E-state index >= 15 is 0 Å². The van der Waals surface area contributed by atoms with Gasteiger partial charge in [-0.25, -0.2) is 4.39 Å². The Bertz CT molecular complexity index is 824. The average Bonchev–Trinajstić information content (AvgIpc) is 3.34. The quantitative estimate of drug-likeness (QED) is 0.620. The number of amides is 2. The molecule has 0 spiro atoms. The Morgan fingerprint density at radius 1 is 1.32 bits per heavy atom. The van der Waals surface area contributed by atoms with Crippen molar-refractivity contribution in [3.63, 3.8) is 0 Å². The van der Waals surface area contributed by atoms with Gasteiger partial charge in [-0.2, -0.15) is 0 Å². The second-order valence-electron chi connectivity index (χ2n) is 5.97. The number of benzene rings is 1. The van der Waals surface area contributed by atoms with Crippen molar-refractivity contribution in [2.75, 3.05) is 18.9 Å². The molecule has 150 valence electrons. The Kier molecular flexibility index (Phi) is 7.24. The Labute approximate surface area is 169 Å². The number of ether oxygens (including phenoxy) is 1. The second kappa shape index (κ2) is 9.85. The standard InChI is InChI=1S/C17H18ClFN4O4S/c18-11-4-1-5-12(19)15(11)16(25)21-8-14-22-23-17(27-14)28-9-13(24)20-7-10-3-2-6-26-10/h1,4-5,10H,2-3,6-9H2,(H,20,24)(H,21,25). The number of nitrogens with zero attached hydrogens (tertiary/aromatic N) is 2. The fraction of sp³-hybridized carbons (Fsp3) is 0.412. The molecule has 2 heterocycles. The van der Waals surface area contributed by atoms with E-state index in [0.717, 1.165) is 37.3 Å². The smallest absolute Gasteiger partial charge is 0.277 e. The Hall–Kier alpha value is -2.17. The molecule has 0 bridgehead atoms. The van der Waals surface area contributed by atoms with Crippen molar-refractivity contribution in [2.45, 2.75) is 30.7 Å². The molecule has 0 radical (unpaired) electrons. The predicted molar refractivity (Wildman–Crippen MR) is 99.6 cm³/mol. The first kappa shape index (κ1) is 20.6. The van der Waals surface area contributed by atoms with E-state index in [0.29, 0.717) is 6.54 Å². The molecule has 0 aliphatic carbocycles. The molecule has 2 N–H and O–H groups in total. The van der Waals surface area contributed by atoms with Gasteiger partial charge in [-0.3, -0.25) is 9.59 Å². The monoisotopic (exact) mass is 428 g/mol. The highest BCUT2D eigenvalue weighted by atomic mass is 35.5. The summed E-state index contributed by atoms with van der Waals surface area (Å²) < 4.78 is 24.5. The van der Waals surface area contributed by atoms with Crippen LogP contribution in [-0.2, 0) is 16.1 Å². The largest absolute Gasteiger partial charge is 0.414 e. The maximum atomic E-state index is 13.7. The van der Waals surface area contributed by atoms with Crippen molar-refractivity contribution < 1.29 is 23.1 Å². The summed E-state index contributed by atoms with van der Waals surface area (Å²) in [7, 11) is 0. The van der Waals surface area contributed by atoms with E-state index in [-0.39, 0.29) is 46.0 Å². The van der Waals surface area contributed by atoms with Crippen LogP contribution in [0.25, 0.3) is 0 Å². The minimum absolute atomic E-state index is 0.00768. The van der Waals surface area contributed by atoms with Crippen LogP contribution in [-0.4, -0.2) is 47.0 Å². The summed E-state index contributed by atoms with van der Waals surface area (Å²) in [6.45, 7) is 1.13. The highest BCUT2D eigenvalue weighted by Crippen LogP contribution is 2.19. The van der Waals surface area contributed by atoms with Gasteiger partial charge in [0.15, 0.2) is 0 Å². The topological polar surface area (TPSA) is 106 Å². The summed E-state index contributed by atoms with van der Waals surface area (Å²) in [5.41, 5.74) is -0.249. The summed E-state index contributed by atoms with van der Waals surface area (Å²) in [4.78, 5) is 23.9. The van der Waals surface area contributed by atoms with E-state index < -0.39 is 11.7 Å². The zero-order valence-corrected chi connectivity index (χ0v) is 16.3. The number of thioether (sulfide) groups is 1. The first-order chi connectivity index (χ1) is 13.5. The number of hydrogen-bond donors (Lipinski definition) is 2. The van der Waals surface area contributed by atoms with Crippen LogP contribution in [0.1, 0.15) is 29.1 Å². The van der Waals surface area contributed by atoms with Gasteiger partial charge < -0.3 is 19.8 Å². The van der Waals surface area contributed by atoms with Gasteiger partial charge >= 0.3 is 0 Å². The summed E-state index contributed by atoms with van der Waals surface area (Å²) >= 11 is 6.93. The van der Waals surface area contributed by atoms with Crippen LogP contribution in [0.15, 0.2) is 27.8 Å². The SMILES string of the molecule is O=C(CSc1nnc(CNC(=O)c2c(F)cccc2Cl)o1)NCC1CCCO1. The van der Waals surface area contributed by atoms with Crippen molar-refractivity contribution in [2.24, 2.45) is 0 Å². The van der Waals surface area contributed by atoms with Crippen LogP contribution < -0.4 is 10.6 Å². The zero-order chi connectivity index (χ0) is 19.9. The maximum absolute atomic E-state index is 13.7. The van der Waals surface area contributed by atoms with Gasteiger partial charge in [0, 0.05) is 13.2 Å². The molecule has 1 aromatic carbocycles. The molecule has 1 aromatic heterocycles. The van der Waals surface area contributed by atoms with Crippen LogP contribution in [0.2, 0.25) is 5.02 Å². The lowest BCUT2D eigenvalue weighted by Gasteiger charge is -2.09. The van der Waals surface area contributed by atoms with Crippen LogP contribution in [0.3, 0.4) is 0 Å². The Morgan fingerprint density at radius 2 is 2.18 bits per heavy atom. The summed E-state index contributed by atoms with van der Waals surface area (Å²) in [6.07, 6.45) is 2.04. The molecule has 3 rings (SSSR count). The minimum Gasteiger partial charge on any atom is -0.414 e. The number of rotatable bonds is 8. The number of nitrogens with one attached hydrogen (secondary N) is 2. The molecule has 1 saturated heterocycles. The molecule has 28 heavy (non-hydrogen) atoms. The number of carbonyl (C=O) groups excluding carboxylic acids is 2. The molecular formula is C17H18ClFN4O4S. The van der Waals surface area contributed by atoms with E-state index in [2.05, 4.69) is 20.8 Å². The van der Waals surface area contributed by atoms with Crippen molar-refractivity contribution >= 4 is 35.2 Å². The molecular weight excluding hydrogens is 411 g/mol. The molecule has 1 fully saturated rings. The number of halogens is 2. The van der Waals surface area contributed by atoms with E-state index in [1.165, 1.54) is 12.1 Å². The Morgan fingerprint density at radius 3 is 2.93 bits per heavy atom. The van der Waals surface area contributed by atoms with Gasteiger partial charge in [0.05, 0.1) is 29.0 Å². The number of aromatic nitrogens is 2. The van der Waals surface area contributed by atoms with Crippen molar-refractivity contribution in [3.05, 3.63) is 40.5 Å². The lowest BCUT2D eigenvalue weighted by Crippen LogP contribution is -2.32. The molecule has 1 unspecified atom stereocenters. The summed E-state index contributed by atoms with van der Waals surface area (Å²) in [6, 6.07) is 3.98. The van der Waals surface area contributed by atoms with E-state index in [4.69, 9.17) is 20.8 Å². The van der Waals surface area contributed by atoms with Gasteiger partial charge in [0.2, 0.25) is 11.8 Å². The Balaban J connectivity index is 1.42. The third-order valence-corrected chi connectivity index (χ3v) is 5.05. The van der Waals surface area contributed by atoms with Gasteiger partial charge in [-0.15, -0.1) is 10.2 Å². The van der Waals surface area contributed by atoms with Gasteiger partial charge in [-0.05, 0) is 25.0 Å². The van der Waals surface area contributed by atoms with Crippen LogP contribution >= 0.6 is 23.4 Å². The number of carbonyl (C=O) groups is 2.